The van der Waals surface area contributed by atoms with Crippen LogP contribution < -0.4 is 15.9 Å². The maximum absolute atomic E-state index is 13.7. The number of amides is 3. The van der Waals surface area contributed by atoms with E-state index in [4.69, 9.17) is 5.73 Å². The molecule has 0 spiro atoms. The quantitative estimate of drug-likeness (QED) is 0.183. The number of nitrogens with two attached hydrogens (primary N) is 1. The maximum atomic E-state index is 13.7. The highest BCUT2D eigenvalue weighted by atomic mass is 32.2. The van der Waals surface area contributed by atoms with Crippen molar-refractivity contribution in [2.75, 3.05) is 32.4 Å². The summed E-state index contributed by atoms with van der Waals surface area (Å²) in [5.74, 6) is -2.19. The lowest BCUT2D eigenvalue weighted by atomic mass is 9.73. The van der Waals surface area contributed by atoms with E-state index in [0.29, 0.717) is 38.3 Å². The van der Waals surface area contributed by atoms with Gasteiger partial charge >= 0.3 is 0 Å². The minimum absolute atomic E-state index is 0.00627. The molecule has 5 atom stereocenters. The lowest BCUT2D eigenvalue weighted by Gasteiger charge is -2.37. The van der Waals surface area contributed by atoms with Gasteiger partial charge in [-0.3, -0.25) is 14.4 Å². The molecule has 0 bridgehead atoms. The van der Waals surface area contributed by atoms with E-state index in [2.05, 4.69) is 10.1 Å². The number of hydrogen-bond donors (Lipinski definition) is 4. The Morgan fingerprint density at radius 2 is 1.52 bits per heavy atom. The fourth-order valence-electron chi connectivity index (χ4n) is 6.65. The SMILES string of the molecule is CCCN(CCC)C(=O)C1CC(C(N)=O)CC(C(=O)NC(CC2CCCCC2)C(O)CN(C)NS(=O)(=O)CC(C)C)C1. The molecule has 42 heavy (non-hydrogen) atoms. The van der Waals surface area contributed by atoms with E-state index in [0.717, 1.165) is 38.5 Å². The Morgan fingerprint density at radius 3 is 2.07 bits per heavy atom. The van der Waals surface area contributed by atoms with Crippen molar-refractivity contribution < 1.29 is 27.9 Å². The summed E-state index contributed by atoms with van der Waals surface area (Å²) >= 11 is 0. The fraction of sp³-hybridized carbons (Fsp3) is 0.900. The predicted molar refractivity (Wildman–Crippen MR) is 164 cm³/mol. The van der Waals surface area contributed by atoms with Crippen molar-refractivity contribution in [2.45, 2.75) is 110 Å². The molecule has 2 saturated carbocycles. The third-order valence-electron chi connectivity index (χ3n) is 8.54. The van der Waals surface area contributed by atoms with E-state index < -0.39 is 45.8 Å². The number of rotatable bonds is 17. The van der Waals surface area contributed by atoms with Gasteiger partial charge in [-0.15, -0.1) is 4.83 Å². The minimum Gasteiger partial charge on any atom is -0.390 e. The van der Waals surface area contributed by atoms with E-state index in [9.17, 15) is 27.9 Å². The molecule has 0 aromatic rings. The first-order chi connectivity index (χ1) is 19.8. The molecule has 12 heteroatoms. The van der Waals surface area contributed by atoms with E-state index in [1.54, 1.807) is 7.05 Å². The zero-order valence-electron chi connectivity index (χ0n) is 26.5. The van der Waals surface area contributed by atoms with Crippen LogP contribution in [-0.2, 0) is 24.4 Å². The zero-order valence-corrected chi connectivity index (χ0v) is 27.3. The van der Waals surface area contributed by atoms with Gasteiger partial charge in [-0.25, -0.2) is 13.4 Å². The topological polar surface area (TPSA) is 162 Å². The molecule has 0 saturated heterocycles. The molecule has 11 nitrogen and oxygen atoms in total. The van der Waals surface area contributed by atoms with Crippen LogP contribution in [0.5, 0.6) is 0 Å². The molecule has 0 aromatic heterocycles. The molecule has 0 radical (unpaired) electrons. The summed E-state index contributed by atoms with van der Waals surface area (Å²) in [5.41, 5.74) is 5.70. The second-order valence-electron chi connectivity index (χ2n) is 13.1. The fourth-order valence-corrected chi connectivity index (χ4v) is 8.15. The second-order valence-corrected chi connectivity index (χ2v) is 14.8. The highest BCUT2D eigenvalue weighted by Crippen LogP contribution is 2.35. The summed E-state index contributed by atoms with van der Waals surface area (Å²) in [7, 11) is -2.00. The average molecular weight is 616 g/mol. The number of sulfonamides is 1. The number of aliphatic hydroxyl groups excluding tert-OH is 1. The molecule has 5 unspecified atom stereocenters. The number of hydrazine groups is 1. The third kappa shape index (κ3) is 12.1. The summed E-state index contributed by atoms with van der Waals surface area (Å²) in [5, 5.41) is 15.7. The van der Waals surface area contributed by atoms with Gasteiger partial charge in [0, 0.05) is 44.4 Å². The van der Waals surface area contributed by atoms with Crippen LogP contribution in [0.1, 0.15) is 98.3 Å². The van der Waals surface area contributed by atoms with Gasteiger partial charge in [0.1, 0.15) is 0 Å². The van der Waals surface area contributed by atoms with E-state index in [1.807, 2.05) is 32.6 Å². The van der Waals surface area contributed by atoms with Gasteiger partial charge in [-0.05, 0) is 50.4 Å². The maximum Gasteiger partial charge on any atom is 0.225 e. The second kappa shape index (κ2) is 17.5. The minimum atomic E-state index is -3.57. The van der Waals surface area contributed by atoms with Gasteiger partial charge in [0.15, 0.2) is 0 Å². The highest BCUT2D eigenvalue weighted by molar-refractivity contribution is 7.89. The van der Waals surface area contributed by atoms with Gasteiger partial charge in [-0.1, -0.05) is 59.8 Å². The largest absolute Gasteiger partial charge is 0.390 e. The Labute approximate surface area is 253 Å². The number of likely N-dealkylation sites (N-methyl/N-ethyl adjacent to an activating group) is 1. The Balaban J connectivity index is 2.19. The molecule has 0 heterocycles. The van der Waals surface area contributed by atoms with Crippen LogP contribution in [0.25, 0.3) is 0 Å². The number of primary amides is 1. The number of hydrogen-bond acceptors (Lipinski definition) is 7. The molecule has 2 rings (SSSR count). The number of carbonyl (C=O) groups is 3. The van der Waals surface area contributed by atoms with E-state index in [-0.39, 0.29) is 36.5 Å². The highest BCUT2D eigenvalue weighted by Gasteiger charge is 2.40. The number of nitrogens with zero attached hydrogens (tertiary/aromatic N) is 2. The van der Waals surface area contributed by atoms with Crippen LogP contribution in [0.15, 0.2) is 0 Å². The average Bonchev–Trinajstić information content (AvgIpc) is 2.91. The monoisotopic (exact) mass is 615 g/mol. The summed E-state index contributed by atoms with van der Waals surface area (Å²) in [4.78, 5) is 43.8. The van der Waals surface area contributed by atoms with Gasteiger partial charge in [0.25, 0.3) is 0 Å². The normalized spacial score (nSPS) is 23.5. The lowest BCUT2D eigenvalue weighted by molar-refractivity contribution is -0.141. The Morgan fingerprint density at radius 1 is 0.952 bits per heavy atom. The van der Waals surface area contributed by atoms with E-state index >= 15 is 0 Å². The van der Waals surface area contributed by atoms with Crippen molar-refractivity contribution in [1.29, 1.82) is 0 Å². The molecular formula is C30H57N5O6S. The summed E-state index contributed by atoms with van der Waals surface area (Å²) < 4.78 is 24.9. The smallest absolute Gasteiger partial charge is 0.225 e. The molecular weight excluding hydrogens is 558 g/mol. The number of nitrogens with one attached hydrogen (secondary N) is 2. The first kappa shape index (κ1) is 36.4. The van der Waals surface area contributed by atoms with Gasteiger partial charge in [0.05, 0.1) is 17.9 Å². The van der Waals surface area contributed by atoms with Crippen molar-refractivity contribution in [3.05, 3.63) is 0 Å². The van der Waals surface area contributed by atoms with Crippen LogP contribution in [0.4, 0.5) is 0 Å². The van der Waals surface area contributed by atoms with Crippen molar-refractivity contribution >= 4 is 27.7 Å². The van der Waals surface area contributed by atoms with Crippen LogP contribution >= 0.6 is 0 Å². The summed E-state index contributed by atoms with van der Waals surface area (Å²) in [6, 6.07) is -0.600. The number of aliphatic hydroxyl groups is 1. The van der Waals surface area contributed by atoms with Crippen molar-refractivity contribution in [3.8, 4) is 0 Å². The molecule has 2 fully saturated rings. The first-order valence-electron chi connectivity index (χ1n) is 16.0. The van der Waals surface area contributed by atoms with Crippen LogP contribution in [0.2, 0.25) is 0 Å². The molecule has 0 aromatic carbocycles. The Kier molecular flexibility index (Phi) is 15.2. The van der Waals surface area contributed by atoms with Gasteiger partial charge < -0.3 is 21.1 Å². The molecule has 3 amide bonds. The van der Waals surface area contributed by atoms with E-state index in [1.165, 1.54) is 11.4 Å². The zero-order chi connectivity index (χ0) is 31.4. The Bertz CT molecular complexity index is 965. The van der Waals surface area contributed by atoms with Crippen LogP contribution in [0.3, 0.4) is 0 Å². The van der Waals surface area contributed by atoms with Crippen molar-refractivity contribution in [2.24, 2.45) is 35.3 Å². The molecule has 2 aliphatic rings. The third-order valence-corrected chi connectivity index (χ3v) is 10.2. The first-order valence-corrected chi connectivity index (χ1v) is 17.7. The van der Waals surface area contributed by atoms with Gasteiger partial charge in [0.2, 0.25) is 27.7 Å². The predicted octanol–water partition coefficient (Wildman–Crippen LogP) is 2.39. The lowest BCUT2D eigenvalue weighted by Crippen LogP contribution is -2.54. The van der Waals surface area contributed by atoms with Crippen LogP contribution in [-0.4, -0.2) is 85.7 Å². The summed E-state index contributed by atoms with van der Waals surface area (Å²) in [6.07, 6.45) is 7.57. The Hall–Kier alpha value is -1.76. The molecule has 244 valence electrons. The molecule has 2 aliphatic carbocycles. The number of carbonyl (C=O) groups excluding carboxylic acids is 3. The van der Waals surface area contributed by atoms with Crippen molar-refractivity contribution in [3.63, 3.8) is 0 Å². The molecule has 0 aliphatic heterocycles. The standard InChI is InChI=1S/C30H57N5O6S/c1-6-13-35(14-7-2)30(39)25-17-23(28(31)37)16-24(18-25)29(38)32-26(15-22-11-9-8-10-12-22)27(36)19-34(5)33-42(40,41)20-21(3)4/h21-27,33,36H,6-20H2,1-5H3,(H2,31,37)(H,32,38). The summed E-state index contributed by atoms with van der Waals surface area (Å²) in [6.45, 7) is 8.93. The van der Waals surface area contributed by atoms with Gasteiger partial charge in [-0.2, -0.15) is 0 Å². The van der Waals surface area contributed by atoms with Crippen LogP contribution in [0, 0.1) is 29.6 Å². The van der Waals surface area contributed by atoms with Crippen molar-refractivity contribution in [1.82, 2.24) is 20.1 Å². The molecule has 5 N–H and O–H groups in total.